The Labute approximate surface area is 192 Å². The number of aryl methyl sites for hydroxylation is 1. The van der Waals surface area contributed by atoms with E-state index in [1.54, 1.807) is 37.3 Å². The largest absolute Gasteiger partial charge is 0.466 e. The zero-order valence-corrected chi connectivity index (χ0v) is 19.1. The molecule has 0 fully saturated rings. The zero-order valence-electron chi connectivity index (χ0n) is 17.5. The summed E-state index contributed by atoms with van der Waals surface area (Å²) in [4.78, 5) is 27.1. The fourth-order valence-electron chi connectivity index (χ4n) is 3.57. The molecule has 32 heavy (non-hydrogen) atoms. The van der Waals surface area contributed by atoms with Gasteiger partial charge in [0.15, 0.2) is 0 Å². The van der Waals surface area contributed by atoms with E-state index in [0.717, 1.165) is 25.2 Å². The van der Waals surface area contributed by atoms with Crippen molar-refractivity contribution in [3.63, 3.8) is 0 Å². The van der Waals surface area contributed by atoms with E-state index in [9.17, 15) is 19.2 Å². The Hall–Kier alpha value is -3.64. The first-order chi connectivity index (χ1) is 15.3. The molecule has 0 bridgehead atoms. The molecule has 1 aliphatic rings. The minimum Gasteiger partial charge on any atom is -0.466 e. The lowest BCUT2D eigenvalue weighted by Gasteiger charge is -2.36. The van der Waals surface area contributed by atoms with Crippen LogP contribution < -0.4 is 10.6 Å². The number of esters is 2. The zero-order chi connectivity index (χ0) is 23.6. The van der Waals surface area contributed by atoms with E-state index in [2.05, 4.69) is 15.9 Å². The maximum Gasteiger partial charge on any atom is 0.355 e. The molecule has 1 atom stereocenters. The number of benzene rings is 2. The van der Waals surface area contributed by atoms with Gasteiger partial charge in [0, 0.05) is 4.47 Å². The molecule has 0 aliphatic carbocycles. The molecule has 7 nitrogen and oxygen atoms in total. The average Bonchev–Trinajstić information content (AvgIpc) is 2.80. The number of nitrogens with zero attached hydrogens (tertiary/aromatic N) is 2. The summed E-state index contributed by atoms with van der Waals surface area (Å²) >= 11 is 3.36. The Kier molecular flexibility index (Phi) is 6.65. The number of anilines is 1. The quantitative estimate of drug-likeness (QED) is 0.637. The molecule has 0 saturated heterocycles. The molecule has 3 rings (SSSR count). The number of hydrogen-bond acceptors (Lipinski definition) is 7. The van der Waals surface area contributed by atoms with Crippen LogP contribution in [0.2, 0.25) is 0 Å². The maximum absolute atomic E-state index is 14.5. The molecular weight excluding hydrogens is 481 g/mol. The molecule has 164 valence electrons. The van der Waals surface area contributed by atoms with Gasteiger partial charge in [-0.3, -0.25) is 4.90 Å². The Bertz CT molecular complexity index is 1200. The van der Waals surface area contributed by atoms with Crippen LogP contribution in [0.15, 0.2) is 69.6 Å². The fraction of sp³-hybridized carbons (Fsp3) is 0.174. The Morgan fingerprint density at radius 3 is 2.34 bits per heavy atom. The highest BCUT2D eigenvalue weighted by molar-refractivity contribution is 9.10. The number of allylic oxidation sites excluding steroid dienone is 1. The minimum atomic E-state index is -0.993. The molecule has 0 amide bonds. The second kappa shape index (κ2) is 9.24. The number of carbonyl (C=O) groups excluding carboxylic acids is 2. The standard InChI is InChI=1S/C23H19BrFN3O4/c1-12-9-15(24)17(10-16(12)25)28-20(23(30)32-3)19(22(29)31-2)18(14(11-26)21(28)27)13-7-5-4-6-8-13/h4-10,18H,27H2,1-3H3. The first-order valence-electron chi connectivity index (χ1n) is 9.38. The van der Waals surface area contributed by atoms with Gasteiger partial charge in [0.2, 0.25) is 0 Å². The number of hydrogen-bond donors (Lipinski definition) is 1. The van der Waals surface area contributed by atoms with Gasteiger partial charge in [0.1, 0.15) is 17.3 Å². The highest BCUT2D eigenvalue weighted by atomic mass is 79.9. The molecule has 9 heteroatoms. The molecule has 1 unspecified atom stereocenters. The molecule has 1 heterocycles. The van der Waals surface area contributed by atoms with Gasteiger partial charge in [0.25, 0.3) is 0 Å². The third kappa shape index (κ3) is 3.85. The smallest absolute Gasteiger partial charge is 0.355 e. The number of ether oxygens (including phenoxy) is 2. The van der Waals surface area contributed by atoms with Gasteiger partial charge in [-0.25, -0.2) is 14.0 Å². The summed E-state index contributed by atoms with van der Waals surface area (Å²) in [7, 11) is 2.30. The molecule has 2 aromatic carbocycles. The van der Waals surface area contributed by atoms with Gasteiger partial charge in [-0.15, -0.1) is 0 Å². The third-order valence-corrected chi connectivity index (χ3v) is 5.71. The molecule has 0 radical (unpaired) electrons. The van der Waals surface area contributed by atoms with E-state index in [-0.39, 0.29) is 28.4 Å². The van der Waals surface area contributed by atoms with Crippen molar-refractivity contribution in [2.75, 3.05) is 19.1 Å². The lowest BCUT2D eigenvalue weighted by molar-refractivity contribution is -0.139. The molecule has 2 aromatic rings. The van der Waals surface area contributed by atoms with E-state index in [4.69, 9.17) is 15.2 Å². The second-order valence-electron chi connectivity index (χ2n) is 6.89. The topological polar surface area (TPSA) is 106 Å². The Balaban J connectivity index is 2.46. The summed E-state index contributed by atoms with van der Waals surface area (Å²) in [5, 5.41) is 9.99. The van der Waals surface area contributed by atoms with Crippen LogP contribution in [0.3, 0.4) is 0 Å². The average molecular weight is 500 g/mol. The monoisotopic (exact) mass is 499 g/mol. The van der Waals surface area contributed by atoms with Crippen molar-refractivity contribution < 1.29 is 23.5 Å². The fourth-order valence-corrected chi connectivity index (χ4v) is 4.21. The minimum absolute atomic E-state index is 0.00265. The maximum atomic E-state index is 14.5. The van der Waals surface area contributed by atoms with Crippen molar-refractivity contribution in [1.29, 1.82) is 5.26 Å². The van der Waals surface area contributed by atoms with E-state index >= 15 is 0 Å². The van der Waals surface area contributed by atoms with Crippen LogP contribution in [0.4, 0.5) is 10.1 Å². The van der Waals surface area contributed by atoms with Crippen molar-refractivity contribution in [1.82, 2.24) is 0 Å². The molecular formula is C23H19BrFN3O4. The number of nitrogens with two attached hydrogens (primary N) is 1. The number of rotatable bonds is 4. The van der Waals surface area contributed by atoms with Crippen LogP contribution in [0.1, 0.15) is 17.0 Å². The molecule has 2 N–H and O–H groups in total. The van der Waals surface area contributed by atoms with E-state index in [1.165, 1.54) is 6.07 Å². The summed E-state index contributed by atoms with van der Waals surface area (Å²) in [5.74, 6) is -3.46. The third-order valence-electron chi connectivity index (χ3n) is 5.08. The van der Waals surface area contributed by atoms with E-state index in [1.807, 2.05) is 6.07 Å². The number of methoxy groups -OCH3 is 2. The van der Waals surface area contributed by atoms with Crippen molar-refractivity contribution in [3.05, 3.63) is 86.5 Å². The van der Waals surface area contributed by atoms with Gasteiger partial charge in [0.05, 0.1) is 43.0 Å². The summed E-state index contributed by atoms with van der Waals surface area (Å²) in [5.41, 5.74) is 6.97. The van der Waals surface area contributed by atoms with Gasteiger partial charge in [-0.2, -0.15) is 5.26 Å². The van der Waals surface area contributed by atoms with Crippen LogP contribution >= 0.6 is 15.9 Å². The van der Waals surface area contributed by atoms with Gasteiger partial charge in [-0.1, -0.05) is 30.3 Å². The van der Waals surface area contributed by atoms with Gasteiger partial charge in [-0.05, 0) is 46.1 Å². The molecule has 0 saturated carbocycles. The summed E-state index contributed by atoms with van der Waals surface area (Å²) < 4.78 is 24.8. The number of nitriles is 1. The van der Waals surface area contributed by atoms with Crippen molar-refractivity contribution in [3.8, 4) is 6.07 Å². The van der Waals surface area contributed by atoms with Crippen LogP contribution in [0.5, 0.6) is 0 Å². The highest BCUT2D eigenvalue weighted by Gasteiger charge is 2.43. The van der Waals surface area contributed by atoms with Gasteiger partial charge >= 0.3 is 11.9 Å². The van der Waals surface area contributed by atoms with Crippen molar-refractivity contribution in [2.45, 2.75) is 12.8 Å². The van der Waals surface area contributed by atoms with E-state index < -0.39 is 23.7 Å². The van der Waals surface area contributed by atoms with Crippen molar-refractivity contribution in [2.24, 2.45) is 5.73 Å². The van der Waals surface area contributed by atoms with Crippen molar-refractivity contribution >= 4 is 33.6 Å². The summed E-state index contributed by atoms with van der Waals surface area (Å²) in [6.07, 6.45) is 0. The second-order valence-corrected chi connectivity index (χ2v) is 7.74. The van der Waals surface area contributed by atoms with Gasteiger partial charge < -0.3 is 15.2 Å². The Morgan fingerprint density at radius 2 is 1.78 bits per heavy atom. The lowest BCUT2D eigenvalue weighted by atomic mass is 9.81. The first kappa shape index (κ1) is 23.0. The summed E-state index contributed by atoms with van der Waals surface area (Å²) in [6.45, 7) is 1.57. The molecule has 0 aromatic heterocycles. The van der Waals surface area contributed by atoms with Crippen LogP contribution in [0, 0.1) is 24.1 Å². The SMILES string of the molecule is COC(=O)C1=C(C(=O)OC)N(c2cc(F)c(C)cc2Br)C(N)=C(C#N)C1c1ccccc1. The van der Waals surface area contributed by atoms with Crippen LogP contribution in [-0.4, -0.2) is 26.2 Å². The van der Waals surface area contributed by atoms with Crippen LogP contribution in [-0.2, 0) is 19.1 Å². The normalized spacial score (nSPS) is 16.0. The number of carbonyl (C=O) groups is 2. The molecule has 1 aliphatic heterocycles. The predicted octanol–water partition coefficient (Wildman–Crippen LogP) is 3.79. The first-order valence-corrected chi connectivity index (χ1v) is 10.2. The predicted molar refractivity (Wildman–Crippen MR) is 118 cm³/mol. The number of halogens is 2. The summed E-state index contributed by atoms with van der Waals surface area (Å²) in [6, 6.07) is 13.3. The van der Waals surface area contributed by atoms with Crippen LogP contribution in [0.25, 0.3) is 0 Å². The molecule has 0 spiro atoms. The lowest BCUT2D eigenvalue weighted by Crippen LogP contribution is -2.41. The highest BCUT2D eigenvalue weighted by Crippen LogP contribution is 2.45. The van der Waals surface area contributed by atoms with E-state index in [0.29, 0.717) is 15.6 Å². The Morgan fingerprint density at radius 1 is 1.16 bits per heavy atom.